The summed E-state index contributed by atoms with van der Waals surface area (Å²) in [5, 5.41) is 7.17. The van der Waals surface area contributed by atoms with Crippen molar-refractivity contribution in [1.29, 1.82) is 0 Å². The SMILES string of the molecule is CCc1cc(CN2CCC(=O)NC(CC)C2=O)n(C)n1. The van der Waals surface area contributed by atoms with Gasteiger partial charge in [-0.15, -0.1) is 0 Å². The zero-order valence-corrected chi connectivity index (χ0v) is 12.3. The number of hydrogen-bond acceptors (Lipinski definition) is 3. The molecule has 0 radical (unpaired) electrons. The van der Waals surface area contributed by atoms with E-state index >= 15 is 0 Å². The zero-order chi connectivity index (χ0) is 14.7. The van der Waals surface area contributed by atoms with Crippen molar-refractivity contribution >= 4 is 11.8 Å². The quantitative estimate of drug-likeness (QED) is 0.877. The van der Waals surface area contributed by atoms with Crippen molar-refractivity contribution in [2.24, 2.45) is 7.05 Å². The summed E-state index contributed by atoms with van der Waals surface area (Å²) in [4.78, 5) is 25.8. The van der Waals surface area contributed by atoms with E-state index in [9.17, 15) is 9.59 Å². The Hall–Kier alpha value is -1.85. The number of aryl methyl sites for hydroxylation is 2. The predicted molar refractivity (Wildman–Crippen MR) is 74.8 cm³/mol. The minimum absolute atomic E-state index is 0.00222. The number of nitrogens with one attached hydrogen (secondary N) is 1. The van der Waals surface area contributed by atoms with Crippen molar-refractivity contribution < 1.29 is 9.59 Å². The second kappa shape index (κ2) is 6.07. The third-order valence-corrected chi connectivity index (χ3v) is 3.70. The first-order chi connectivity index (χ1) is 9.55. The molecule has 20 heavy (non-hydrogen) atoms. The average molecular weight is 278 g/mol. The topological polar surface area (TPSA) is 67.2 Å². The Kier molecular flexibility index (Phi) is 4.42. The van der Waals surface area contributed by atoms with Crippen molar-refractivity contribution in [2.45, 2.75) is 45.7 Å². The molecule has 1 N–H and O–H groups in total. The van der Waals surface area contributed by atoms with Crippen LogP contribution in [0.5, 0.6) is 0 Å². The van der Waals surface area contributed by atoms with Crippen LogP contribution in [0, 0.1) is 0 Å². The van der Waals surface area contributed by atoms with Gasteiger partial charge in [-0.2, -0.15) is 5.10 Å². The molecule has 2 rings (SSSR count). The maximum Gasteiger partial charge on any atom is 0.245 e. The third-order valence-electron chi connectivity index (χ3n) is 3.70. The number of nitrogens with zero attached hydrogens (tertiary/aromatic N) is 3. The smallest absolute Gasteiger partial charge is 0.245 e. The summed E-state index contributed by atoms with van der Waals surface area (Å²) in [6, 6.07) is 1.62. The highest BCUT2D eigenvalue weighted by atomic mass is 16.2. The minimum Gasteiger partial charge on any atom is -0.344 e. The lowest BCUT2D eigenvalue weighted by molar-refractivity contribution is -0.134. The number of aromatic nitrogens is 2. The van der Waals surface area contributed by atoms with E-state index in [-0.39, 0.29) is 11.8 Å². The normalized spacial score (nSPS) is 19.9. The van der Waals surface area contributed by atoms with E-state index in [0.717, 1.165) is 17.8 Å². The molecule has 2 amide bonds. The van der Waals surface area contributed by atoms with Gasteiger partial charge in [-0.25, -0.2) is 0 Å². The minimum atomic E-state index is -0.399. The van der Waals surface area contributed by atoms with Crippen molar-refractivity contribution in [1.82, 2.24) is 20.0 Å². The molecular formula is C14H22N4O2. The predicted octanol–water partition coefficient (Wildman–Crippen LogP) is 0.610. The highest BCUT2D eigenvalue weighted by molar-refractivity contribution is 5.89. The number of hydrogen-bond donors (Lipinski definition) is 1. The highest BCUT2D eigenvalue weighted by Gasteiger charge is 2.28. The molecule has 1 unspecified atom stereocenters. The van der Waals surface area contributed by atoms with Gasteiger partial charge >= 0.3 is 0 Å². The summed E-state index contributed by atoms with van der Waals surface area (Å²) in [5.74, 6) is -0.0513. The van der Waals surface area contributed by atoms with Crippen LogP contribution in [0.1, 0.15) is 38.1 Å². The van der Waals surface area contributed by atoms with Gasteiger partial charge in [0.2, 0.25) is 11.8 Å². The molecule has 110 valence electrons. The van der Waals surface area contributed by atoms with E-state index in [4.69, 9.17) is 0 Å². The Balaban J connectivity index is 2.15. The second-order valence-electron chi connectivity index (χ2n) is 5.14. The van der Waals surface area contributed by atoms with E-state index in [1.165, 1.54) is 0 Å². The van der Waals surface area contributed by atoms with Gasteiger partial charge < -0.3 is 10.2 Å². The van der Waals surface area contributed by atoms with E-state index in [0.29, 0.717) is 25.9 Å². The largest absolute Gasteiger partial charge is 0.344 e. The Labute approximate surface area is 119 Å². The number of rotatable bonds is 4. The molecular weight excluding hydrogens is 256 g/mol. The van der Waals surface area contributed by atoms with Gasteiger partial charge in [-0.1, -0.05) is 13.8 Å². The molecule has 0 spiro atoms. The lowest BCUT2D eigenvalue weighted by Gasteiger charge is -2.23. The van der Waals surface area contributed by atoms with Crippen LogP contribution in [0.25, 0.3) is 0 Å². The van der Waals surface area contributed by atoms with Crippen molar-refractivity contribution in [2.75, 3.05) is 6.54 Å². The molecule has 0 aliphatic carbocycles. The van der Waals surface area contributed by atoms with Crippen LogP contribution in [-0.2, 0) is 29.6 Å². The summed E-state index contributed by atoms with van der Waals surface area (Å²) in [6.07, 6.45) is 1.85. The highest BCUT2D eigenvalue weighted by Crippen LogP contribution is 2.12. The lowest BCUT2D eigenvalue weighted by Crippen LogP contribution is -2.44. The number of amides is 2. The molecule has 1 aliphatic heterocycles. The van der Waals surface area contributed by atoms with Crippen LogP contribution < -0.4 is 5.32 Å². The summed E-state index contributed by atoms with van der Waals surface area (Å²) in [5.41, 5.74) is 2.02. The van der Waals surface area contributed by atoms with Crippen molar-refractivity contribution in [3.05, 3.63) is 17.5 Å². The fourth-order valence-electron chi connectivity index (χ4n) is 2.42. The Morgan fingerprint density at radius 2 is 2.15 bits per heavy atom. The maximum absolute atomic E-state index is 12.4. The summed E-state index contributed by atoms with van der Waals surface area (Å²) >= 11 is 0. The summed E-state index contributed by atoms with van der Waals surface area (Å²) < 4.78 is 1.81. The van der Waals surface area contributed by atoms with E-state index < -0.39 is 6.04 Å². The Bertz CT molecular complexity index is 509. The Morgan fingerprint density at radius 3 is 2.75 bits per heavy atom. The maximum atomic E-state index is 12.4. The fourth-order valence-corrected chi connectivity index (χ4v) is 2.42. The van der Waals surface area contributed by atoms with Crippen LogP contribution in [-0.4, -0.2) is 39.1 Å². The van der Waals surface area contributed by atoms with E-state index in [1.807, 2.05) is 24.7 Å². The molecule has 2 heterocycles. The van der Waals surface area contributed by atoms with Gasteiger partial charge in [0.05, 0.1) is 17.9 Å². The first kappa shape index (κ1) is 14.6. The lowest BCUT2D eigenvalue weighted by atomic mass is 10.2. The molecule has 1 aromatic rings. The van der Waals surface area contributed by atoms with Gasteiger partial charge in [-0.05, 0) is 18.9 Å². The van der Waals surface area contributed by atoms with E-state index in [1.54, 1.807) is 4.90 Å². The average Bonchev–Trinajstić information content (AvgIpc) is 2.73. The van der Waals surface area contributed by atoms with Gasteiger partial charge in [0.25, 0.3) is 0 Å². The van der Waals surface area contributed by atoms with E-state index in [2.05, 4.69) is 17.3 Å². The number of carbonyl (C=O) groups excluding carboxylic acids is 2. The van der Waals surface area contributed by atoms with Gasteiger partial charge in [0.1, 0.15) is 6.04 Å². The van der Waals surface area contributed by atoms with Gasteiger partial charge in [-0.3, -0.25) is 14.3 Å². The first-order valence-corrected chi connectivity index (χ1v) is 7.15. The van der Waals surface area contributed by atoms with Crippen molar-refractivity contribution in [3.8, 4) is 0 Å². The molecule has 6 nitrogen and oxygen atoms in total. The Morgan fingerprint density at radius 1 is 1.40 bits per heavy atom. The van der Waals surface area contributed by atoms with Gasteiger partial charge in [0, 0.05) is 20.0 Å². The van der Waals surface area contributed by atoms with Crippen molar-refractivity contribution in [3.63, 3.8) is 0 Å². The third kappa shape index (κ3) is 3.00. The molecule has 6 heteroatoms. The fraction of sp³-hybridized carbons (Fsp3) is 0.643. The first-order valence-electron chi connectivity index (χ1n) is 7.15. The summed E-state index contributed by atoms with van der Waals surface area (Å²) in [7, 11) is 1.89. The zero-order valence-electron chi connectivity index (χ0n) is 12.3. The van der Waals surface area contributed by atoms with Gasteiger partial charge in [0.15, 0.2) is 0 Å². The van der Waals surface area contributed by atoms with Crippen LogP contribution in [0.4, 0.5) is 0 Å². The molecule has 0 aromatic carbocycles. The van der Waals surface area contributed by atoms with Crippen LogP contribution >= 0.6 is 0 Å². The van der Waals surface area contributed by atoms with Crippen LogP contribution in [0.2, 0.25) is 0 Å². The molecule has 1 atom stereocenters. The molecule has 1 saturated heterocycles. The molecule has 0 saturated carbocycles. The molecule has 1 fully saturated rings. The second-order valence-corrected chi connectivity index (χ2v) is 5.14. The molecule has 0 bridgehead atoms. The molecule has 1 aliphatic rings. The van der Waals surface area contributed by atoms with Crippen LogP contribution in [0.3, 0.4) is 0 Å². The number of carbonyl (C=O) groups is 2. The molecule has 1 aromatic heterocycles. The van der Waals surface area contributed by atoms with Crippen LogP contribution in [0.15, 0.2) is 6.07 Å². The monoisotopic (exact) mass is 278 g/mol. The standard InChI is InChI=1S/C14H22N4O2/c1-4-10-8-11(17(3)16-10)9-18-7-6-13(19)15-12(5-2)14(18)20/h8,12H,4-7,9H2,1-3H3,(H,15,19). The summed E-state index contributed by atoms with van der Waals surface area (Å²) in [6.45, 7) is 4.94.